The van der Waals surface area contributed by atoms with E-state index in [2.05, 4.69) is 20.4 Å². The highest BCUT2D eigenvalue weighted by Crippen LogP contribution is 2.33. The molecule has 1 N–H and O–H groups in total. The number of aromatic nitrogens is 3. The lowest BCUT2D eigenvalue weighted by atomic mass is 10.2. The van der Waals surface area contributed by atoms with Gasteiger partial charge in [-0.05, 0) is 20.8 Å². The Morgan fingerprint density at radius 3 is 2.48 bits per heavy atom. The average molecular weight is 308 g/mol. The normalized spacial score (nSPS) is 12.9. The molecular weight excluding hydrogens is 293 g/mol. The molecule has 10 heteroatoms. The molecule has 0 saturated heterocycles. The molecule has 0 saturated carbocycles. The molecule has 0 aliphatic heterocycles. The Kier molecular flexibility index (Phi) is 5.28. The van der Waals surface area contributed by atoms with Gasteiger partial charge in [0, 0.05) is 6.54 Å². The van der Waals surface area contributed by atoms with Crippen molar-refractivity contribution in [3.05, 3.63) is 11.4 Å². The monoisotopic (exact) mass is 308 g/mol. The number of esters is 1. The van der Waals surface area contributed by atoms with Crippen molar-refractivity contribution in [2.24, 2.45) is 0 Å². The molecule has 0 bridgehead atoms. The summed E-state index contributed by atoms with van der Waals surface area (Å²) in [5.74, 6) is -1.90. The third kappa shape index (κ3) is 3.70. The van der Waals surface area contributed by atoms with Gasteiger partial charge in [-0.1, -0.05) is 5.21 Å². The molecule has 7 nitrogen and oxygen atoms in total. The van der Waals surface area contributed by atoms with Crippen LogP contribution >= 0.6 is 0 Å². The van der Waals surface area contributed by atoms with E-state index in [9.17, 15) is 22.8 Å². The fourth-order valence-electron chi connectivity index (χ4n) is 1.60. The topological polar surface area (TPSA) is 86.1 Å². The molecular formula is C11H15F3N4O3. The standard InChI is InChI=1S/C11H15F3N4O3/c1-4-15-9(19)6(3)18-8(11(12,13)14)7(16-17-18)10(20)21-5-2/h6H,4-5H2,1-3H3,(H,15,19). The van der Waals surface area contributed by atoms with Gasteiger partial charge in [-0.15, -0.1) is 5.10 Å². The van der Waals surface area contributed by atoms with Gasteiger partial charge in [-0.3, -0.25) is 4.79 Å². The van der Waals surface area contributed by atoms with Crippen LogP contribution in [-0.4, -0.2) is 40.0 Å². The van der Waals surface area contributed by atoms with Gasteiger partial charge >= 0.3 is 12.1 Å². The molecule has 0 aliphatic rings. The Hall–Kier alpha value is -2.13. The summed E-state index contributed by atoms with van der Waals surface area (Å²) in [5, 5.41) is 8.85. The van der Waals surface area contributed by atoms with Crippen molar-refractivity contribution < 1.29 is 27.5 Å². The van der Waals surface area contributed by atoms with Crippen LogP contribution in [0.2, 0.25) is 0 Å². The number of alkyl halides is 3. The van der Waals surface area contributed by atoms with Crippen LogP contribution in [0.5, 0.6) is 0 Å². The number of amides is 1. The lowest BCUT2D eigenvalue weighted by Crippen LogP contribution is -2.33. The zero-order valence-corrected chi connectivity index (χ0v) is 11.7. The first-order valence-corrected chi connectivity index (χ1v) is 6.21. The Morgan fingerprint density at radius 1 is 1.38 bits per heavy atom. The number of hydrogen-bond acceptors (Lipinski definition) is 5. The van der Waals surface area contributed by atoms with Gasteiger partial charge in [0.25, 0.3) is 0 Å². The maximum absolute atomic E-state index is 13.1. The molecule has 0 fully saturated rings. The quantitative estimate of drug-likeness (QED) is 0.825. The summed E-state index contributed by atoms with van der Waals surface area (Å²) in [7, 11) is 0. The van der Waals surface area contributed by atoms with Crippen molar-refractivity contribution >= 4 is 11.9 Å². The summed E-state index contributed by atoms with van der Waals surface area (Å²) < 4.78 is 44.2. The molecule has 1 amide bonds. The van der Waals surface area contributed by atoms with Crippen molar-refractivity contribution in [1.29, 1.82) is 0 Å². The number of halogens is 3. The van der Waals surface area contributed by atoms with Gasteiger partial charge < -0.3 is 10.1 Å². The molecule has 1 heterocycles. The zero-order chi connectivity index (χ0) is 16.2. The SMILES string of the molecule is CCNC(=O)C(C)n1nnc(C(=O)OCC)c1C(F)(F)F. The smallest absolute Gasteiger partial charge is 0.435 e. The van der Waals surface area contributed by atoms with Crippen molar-refractivity contribution in [3.63, 3.8) is 0 Å². The number of nitrogens with zero attached hydrogens (tertiary/aromatic N) is 3. The number of nitrogens with one attached hydrogen (secondary N) is 1. The predicted molar refractivity (Wildman–Crippen MR) is 64.4 cm³/mol. The van der Waals surface area contributed by atoms with Gasteiger partial charge in [0.2, 0.25) is 11.6 Å². The Morgan fingerprint density at radius 2 is 2.00 bits per heavy atom. The van der Waals surface area contributed by atoms with Crippen LogP contribution in [-0.2, 0) is 15.7 Å². The number of carbonyl (C=O) groups excluding carboxylic acids is 2. The lowest BCUT2D eigenvalue weighted by Gasteiger charge is -2.16. The fraction of sp³-hybridized carbons (Fsp3) is 0.636. The summed E-state index contributed by atoms with van der Waals surface area (Å²) in [5.41, 5.74) is -2.36. The van der Waals surface area contributed by atoms with Crippen LogP contribution in [0.4, 0.5) is 13.2 Å². The van der Waals surface area contributed by atoms with Gasteiger partial charge in [0.05, 0.1) is 6.61 Å². The molecule has 21 heavy (non-hydrogen) atoms. The summed E-state index contributed by atoms with van der Waals surface area (Å²) in [6.07, 6.45) is -4.90. The Labute approximate surface area is 118 Å². The lowest BCUT2D eigenvalue weighted by molar-refractivity contribution is -0.146. The number of carbonyl (C=O) groups is 2. The number of rotatable bonds is 5. The fourth-order valence-corrected chi connectivity index (χ4v) is 1.60. The van der Waals surface area contributed by atoms with E-state index >= 15 is 0 Å². The van der Waals surface area contributed by atoms with E-state index in [1.54, 1.807) is 6.92 Å². The summed E-state index contributed by atoms with van der Waals surface area (Å²) in [6.45, 7) is 4.45. The highest BCUT2D eigenvalue weighted by atomic mass is 19.4. The maximum atomic E-state index is 13.1. The second-order valence-electron chi connectivity index (χ2n) is 4.02. The molecule has 1 unspecified atom stereocenters. The highest BCUT2D eigenvalue weighted by molar-refractivity contribution is 5.89. The van der Waals surface area contributed by atoms with Gasteiger partial charge in [0.15, 0.2) is 5.69 Å². The largest absolute Gasteiger partial charge is 0.461 e. The summed E-state index contributed by atoms with van der Waals surface area (Å²) in [6, 6.07) is -1.27. The van der Waals surface area contributed by atoms with Crippen molar-refractivity contribution in [2.45, 2.75) is 33.0 Å². The minimum atomic E-state index is -4.90. The maximum Gasteiger partial charge on any atom is 0.435 e. The average Bonchev–Trinajstić information content (AvgIpc) is 2.83. The molecule has 0 spiro atoms. The van der Waals surface area contributed by atoms with Crippen LogP contribution in [0.3, 0.4) is 0 Å². The van der Waals surface area contributed by atoms with E-state index < -0.39 is 35.5 Å². The van der Waals surface area contributed by atoms with Crippen LogP contribution in [0.15, 0.2) is 0 Å². The zero-order valence-electron chi connectivity index (χ0n) is 11.7. The van der Waals surface area contributed by atoms with E-state index in [1.165, 1.54) is 13.8 Å². The minimum Gasteiger partial charge on any atom is -0.461 e. The van der Waals surface area contributed by atoms with E-state index in [0.29, 0.717) is 4.68 Å². The third-order valence-electron chi connectivity index (χ3n) is 2.53. The van der Waals surface area contributed by atoms with Gasteiger partial charge in [0.1, 0.15) is 6.04 Å². The molecule has 1 rings (SSSR count). The molecule has 1 atom stereocenters. The molecule has 1 aromatic heterocycles. The highest BCUT2D eigenvalue weighted by Gasteiger charge is 2.43. The molecule has 118 valence electrons. The molecule has 1 aromatic rings. The van der Waals surface area contributed by atoms with Crippen molar-refractivity contribution in [3.8, 4) is 0 Å². The molecule has 0 radical (unpaired) electrons. The summed E-state index contributed by atoms with van der Waals surface area (Å²) >= 11 is 0. The summed E-state index contributed by atoms with van der Waals surface area (Å²) in [4.78, 5) is 23.1. The first-order chi connectivity index (χ1) is 9.73. The first-order valence-electron chi connectivity index (χ1n) is 6.21. The van der Waals surface area contributed by atoms with Gasteiger partial charge in [-0.25, -0.2) is 9.48 Å². The number of likely N-dealkylation sites (N-methyl/N-ethyl adjacent to an activating group) is 1. The van der Waals surface area contributed by atoms with Crippen LogP contribution in [0, 0.1) is 0 Å². The van der Waals surface area contributed by atoms with E-state index in [0.717, 1.165) is 0 Å². The minimum absolute atomic E-state index is 0.102. The second-order valence-corrected chi connectivity index (χ2v) is 4.02. The number of hydrogen-bond donors (Lipinski definition) is 1. The first kappa shape index (κ1) is 16.9. The van der Waals surface area contributed by atoms with Crippen LogP contribution in [0.25, 0.3) is 0 Å². The number of ether oxygens (including phenoxy) is 1. The van der Waals surface area contributed by atoms with E-state index in [1.807, 2.05) is 0 Å². The van der Waals surface area contributed by atoms with E-state index in [4.69, 9.17) is 0 Å². The predicted octanol–water partition coefficient (Wildman–Crippen LogP) is 1.17. The van der Waals surface area contributed by atoms with Crippen LogP contribution in [0.1, 0.15) is 43.0 Å². The second kappa shape index (κ2) is 6.55. The molecule has 0 aromatic carbocycles. The Bertz CT molecular complexity index is 527. The van der Waals surface area contributed by atoms with E-state index in [-0.39, 0.29) is 13.2 Å². The van der Waals surface area contributed by atoms with Gasteiger partial charge in [-0.2, -0.15) is 13.2 Å². The third-order valence-corrected chi connectivity index (χ3v) is 2.53. The van der Waals surface area contributed by atoms with Crippen LogP contribution < -0.4 is 5.32 Å². The van der Waals surface area contributed by atoms with Crippen molar-refractivity contribution in [2.75, 3.05) is 13.2 Å². The molecule has 0 aliphatic carbocycles. The Balaban J connectivity index is 3.28. The van der Waals surface area contributed by atoms with Crippen molar-refractivity contribution in [1.82, 2.24) is 20.3 Å².